The summed E-state index contributed by atoms with van der Waals surface area (Å²) in [6.07, 6.45) is 0.835. The van der Waals surface area contributed by atoms with Gasteiger partial charge in [0.25, 0.3) is 0 Å². The largest absolute Gasteiger partial charge is 0.465 e. The van der Waals surface area contributed by atoms with Crippen LogP contribution in [0.25, 0.3) is 0 Å². The molecular weight excluding hydrogens is 312 g/mol. The fourth-order valence-electron chi connectivity index (χ4n) is 1.09. The van der Waals surface area contributed by atoms with Crippen LogP contribution >= 0.6 is 35.6 Å². The van der Waals surface area contributed by atoms with Crippen molar-refractivity contribution in [2.75, 3.05) is 19.5 Å². The molecule has 0 amide bonds. The maximum atomic E-state index is 11.0. The number of carbonyl (C=O) groups excluding carboxylic acids is 2. The van der Waals surface area contributed by atoms with E-state index in [4.69, 9.17) is 28.9 Å². The molecule has 19 heavy (non-hydrogen) atoms. The summed E-state index contributed by atoms with van der Waals surface area (Å²) in [5, 5.41) is -0.508. The molecular formula is C12H16Cl3NO3. The van der Waals surface area contributed by atoms with Crippen LogP contribution in [0.2, 0.25) is 0 Å². The van der Waals surface area contributed by atoms with Crippen LogP contribution in [0, 0.1) is 0 Å². The molecule has 0 saturated carbocycles. The van der Waals surface area contributed by atoms with Gasteiger partial charge in [0.2, 0.25) is 5.24 Å². The van der Waals surface area contributed by atoms with Gasteiger partial charge in [0.05, 0.1) is 18.6 Å². The third-order valence-corrected chi connectivity index (χ3v) is 2.43. The van der Waals surface area contributed by atoms with Crippen LogP contribution in [0.3, 0.4) is 0 Å². The molecule has 0 fully saturated rings. The Bertz CT molecular complexity index is 382. The third-order valence-electron chi connectivity index (χ3n) is 1.91. The van der Waals surface area contributed by atoms with E-state index < -0.39 is 5.24 Å². The molecule has 1 aromatic carbocycles. The number of carbonyl (C=O) groups is 2. The first-order valence-corrected chi connectivity index (χ1v) is 6.08. The highest BCUT2D eigenvalue weighted by Gasteiger charge is 2.03. The summed E-state index contributed by atoms with van der Waals surface area (Å²) in [5.74, 6) is -0.402. The van der Waals surface area contributed by atoms with Crippen molar-refractivity contribution in [3.05, 3.63) is 35.4 Å². The van der Waals surface area contributed by atoms with Crippen molar-refractivity contribution >= 4 is 46.8 Å². The molecule has 0 radical (unpaired) electrons. The third kappa shape index (κ3) is 9.73. The van der Waals surface area contributed by atoms with Gasteiger partial charge in [-0.2, -0.15) is 0 Å². The van der Waals surface area contributed by atoms with Crippen molar-refractivity contribution in [1.29, 1.82) is 0 Å². The average molecular weight is 329 g/mol. The molecule has 1 aromatic rings. The number of rotatable bonds is 4. The smallest absolute Gasteiger partial charge is 0.337 e. The lowest BCUT2D eigenvalue weighted by molar-refractivity contribution is -0.109. The number of hydrogen-bond acceptors (Lipinski definition) is 4. The monoisotopic (exact) mass is 327 g/mol. The van der Waals surface area contributed by atoms with E-state index in [-0.39, 0.29) is 24.3 Å². The van der Waals surface area contributed by atoms with Crippen LogP contribution in [0.15, 0.2) is 24.3 Å². The average Bonchev–Trinajstić information content (AvgIpc) is 2.39. The second-order valence-electron chi connectivity index (χ2n) is 3.22. The highest BCUT2D eigenvalue weighted by molar-refractivity contribution is 6.67. The fourth-order valence-corrected chi connectivity index (χ4v) is 1.09. The first-order chi connectivity index (χ1) is 8.54. The predicted octanol–water partition coefficient (Wildman–Crippen LogP) is 2.39. The van der Waals surface area contributed by atoms with E-state index >= 15 is 0 Å². The van der Waals surface area contributed by atoms with Gasteiger partial charge in [-0.3, -0.25) is 4.79 Å². The number of methoxy groups -OCH3 is 1. The molecule has 0 saturated heterocycles. The van der Waals surface area contributed by atoms with Crippen LogP contribution in [-0.4, -0.2) is 30.7 Å². The quantitative estimate of drug-likeness (QED) is 0.523. The Balaban J connectivity index is 0. The lowest BCUT2D eigenvalue weighted by Gasteiger charge is -2.00. The van der Waals surface area contributed by atoms with Gasteiger partial charge in [-0.05, 0) is 42.3 Å². The van der Waals surface area contributed by atoms with Crippen LogP contribution in [0.4, 0.5) is 0 Å². The molecule has 0 aliphatic heterocycles. The Morgan fingerprint density at radius 1 is 1.26 bits per heavy atom. The van der Waals surface area contributed by atoms with Crippen LogP contribution in [-0.2, 0) is 16.0 Å². The van der Waals surface area contributed by atoms with Gasteiger partial charge in [0.15, 0.2) is 0 Å². The first-order valence-electron chi connectivity index (χ1n) is 5.16. The van der Waals surface area contributed by atoms with Crippen molar-refractivity contribution < 1.29 is 14.3 Å². The van der Waals surface area contributed by atoms with Gasteiger partial charge in [0, 0.05) is 0 Å². The van der Waals surface area contributed by atoms with Gasteiger partial charge >= 0.3 is 5.97 Å². The zero-order valence-corrected chi connectivity index (χ0v) is 12.7. The number of halogens is 3. The van der Waals surface area contributed by atoms with E-state index in [2.05, 4.69) is 4.74 Å². The van der Waals surface area contributed by atoms with E-state index in [9.17, 15) is 9.59 Å². The summed E-state index contributed by atoms with van der Waals surface area (Å²) in [6.45, 7) is 0.623. The summed E-state index contributed by atoms with van der Waals surface area (Å²) in [5.41, 5.74) is 7.10. The van der Waals surface area contributed by atoms with Crippen molar-refractivity contribution in [2.24, 2.45) is 5.73 Å². The molecule has 0 aliphatic carbocycles. The molecule has 0 atom stereocenters. The molecule has 108 valence electrons. The van der Waals surface area contributed by atoms with Gasteiger partial charge in [-0.25, -0.2) is 4.79 Å². The minimum absolute atomic E-state index is 0. The number of nitrogens with two attached hydrogens (primary N) is 1. The molecule has 0 heterocycles. The van der Waals surface area contributed by atoms with Crippen molar-refractivity contribution in [2.45, 2.75) is 6.42 Å². The second-order valence-corrected chi connectivity index (χ2v) is 3.90. The molecule has 0 bridgehead atoms. The normalized spacial score (nSPS) is 8.63. The Labute approximate surface area is 128 Å². The van der Waals surface area contributed by atoms with Gasteiger partial charge < -0.3 is 10.5 Å². The number of alkyl halides is 1. The Kier molecular flexibility index (Phi) is 13.2. The van der Waals surface area contributed by atoms with Crippen LogP contribution in [0.1, 0.15) is 15.9 Å². The lowest BCUT2D eigenvalue weighted by atomic mass is 10.1. The summed E-state index contributed by atoms with van der Waals surface area (Å²) in [6, 6.07) is 7.27. The maximum absolute atomic E-state index is 11.0. The molecule has 0 unspecified atom stereocenters. The number of esters is 1. The van der Waals surface area contributed by atoms with E-state index in [1.165, 1.54) is 7.11 Å². The summed E-state index contributed by atoms with van der Waals surface area (Å²) in [7, 11) is 1.37. The fraction of sp³-hybridized carbons (Fsp3) is 0.333. The zero-order chi connectivity index (χ0) is 14.0. The molecule has 4 nitrogen and oxygen atoms in total. The topological polar surface area (TPSA) is 69.4 Å². The number of ether oxygens (including phenoxy) is 1. The predicted molar refractivity (Wildman–Crippen MR) is 79.4 cm³/mol. The van der Waals surface area contributed by atoms with E-state index in [0.29, 0.717) is 12.1 Å². The first kappa shape index (κ1) is 20.5. The number of hydrogen-bond donors (Lipinski definition) is 1. The van der Waals surface area contributed by atoms with Gasteiger partial charge in [-0.15, -0.1) is 24.0 Å². The molecule has 0 aliphatic rings. The maximum Gasteiger partial charge on any atom is 0.337 e. The minimum Gasteiger partial charge on any atom is -0.465 e. The Hall–Kier alpha value is -0.810. The van der Waals surface area contributed by atoms with Gasteiger partial charge in [-0.1, -0.05) is 12.1 Å². The summed E-state index contributed by atoms with van der Waals surface area (Å²) >= 11 is 9.55. The molecule has 0 aromatic heterocycles. The van der Waals surface area contributed by atoms with Crippen molar-refractivity contribution in [1.82, 2.24) is 0 Å². The molecule has 0 spiro atoms. The van der Waals surface area contributed by atoms with Crippen LogP contribution < -0.4 is 5.73 Å². The van der Waals surface area contributed by atoms with E-state index in [0.717, 1.165) is 12.0 Å². The summed E-state index contributed by atoms with van der Waals surface area (Å²) < 4.78 is 4.57. The lowest BCUT2D eigenvalue weighted by Crippen LogP contribution is -2.04. The minimum atomic E-state index is -0.508. The van der Waals surface area contributed by atoms with Crippen LogP contribution in [0.5, 0.6) is 0 Å². The van der Waals surface area contributed by atoms with E-state index in [1.54, 1.807) is 12.1 Å². The molecule has 1 rings (SSSR count). The Morgan fingerprint density at radius 3 is 2.05 bits per heavy atom. The number of benzene rings is 1. The van der Waals surface area contributed by atoms with Crippen molar-refractivity contribution in [3.8, 4) is 0 Å². The molecule has 2 N–H and O–H groups in total. The van der Waals surface area contributed by atoms with Gasteiger partial charge in [0.1, 0.15) is 0 Å². The highest BCUT2D eigenvalue weighted by atomic mass is 35.5. The highest BCUT2D eigenvalue weighted by Crippen LogP contribution is 2.05. The summed E-state index contributed by atoms with van der Waals surface area (Å²) in [4.78, 5) is 20.5. The van der Waals surface area contributed by atoms with E-state index in [1.807, 2.05) is 12.1 Å². The molecule has 7 heteroatoms. The Morgan fingerprint density at radius 2 is 1.74 bits per heavy atom. The second kappa shape index (κ2) is 12.2. The SMILES string of the molecule is COC(=O)c1ccc(CCN)cc1.Cl.O=C(Cl)CCl. The van der Waals surface area contributed by atoms with Crippen molar-refractivity contribution in [3.63, 3.8) is 0 Å². The zero-order valence-electron chi connectivity index (χ0n) is 10.4. The standard InChI is InChI=1S/C10H13NO2.C2H2Cl2O.ClH/c1-13-10(12)9-4-2-8(3-5-9)6-7-11;3-1-2(4)5;/h2-5H,6-7,11H2,1H3;1H2;1H.